The Bertz CT molecular complexity index is 2940. The second-order valence-corrected chi connectivity index (χ2v) is 12.2. The van der Waals surface area contributed by atoms with Gasteiger partial charge in [-0.25, -0.2) is 9.97 Å². The van der Waals surface area contributed by atoms with Crippen LogP contribution in [0, 0.1) is 0 Å². The molecule has 0 atom stereocenters. The molecule has 0 fully saturated rings. The predicted molar refractivity (Wildman–Crippen MR) is 191 cm³/mol. The molecule has 3 aromatic heterocycles. The maximum absolute atomic E-state index is 6.33. The summed E-state index contributed by atoms with van der Waals surface area (Å²) in [7, 11) is 0. The first-order valence-corrected chi connectivity index (χ1v) is 15.9. The third-order valence-electron chi connectivity index (χ3n) is 9.70. The topological polar surface area (TPSA) is 44.9 Å². The molecule has 5 heteroatoms. The molecule has 0 spiro atoms. The average Bonchev–Trinajstić information content (AvgIpc) is 3.65. The van der Waals surface area contributed by atoms with Gasteiger partial charge in [-0.1, -0.05) is 91.0 Å². The highest BCUT2D eigenvalue weighted by atomic mass is 16.5. The molecule has 5 nitrogen and oxygen atoms in total. The lowest BCUT2D eigenvalue weighted by atomic mass is 10.0. The second kappa shape index (κ2) is 9.05. The zero-order valence-corrected chi connectivity index (χ0v) is 25.1. The van der Waals surface area contributed by atoms with Crippen LogP contribution in [0.2, 0.25) is 0 Å². The van der Waals surface area contributed by atoms with Crippen LogP contribution in [0.3, 0.4) is 0 Å². The van der Waals surface area contributed by atoms with Crippen LogP contribution in [-0.4, -0.2) is 19.1 Å². The molecule has 4 heterocycles. The summed E-state index contributed by atoms with van der Waals surface area (Å²) in [5.41, 5.74) is 8.31. The number of nitrogens with zero attached hydrogens (tertiary/aromatic N) is 4. The van der Waals surface area contributed by atoms with E-state index >= 15 is 0 Å². The molecular weight excluding hydrogens is 576 g/mol. The van der Waals surface area contributed by atoms with E-state index in [0.29, 0.717) is 5.95 Å². The molecule has 0 N–H and O–H groups in total. The Morgan fingerprint density at radius 1 is 0.447 bits per heavy atom. The lowest BCUT2D eigenvalue weighted by Gasteiger charge is -2.21. The predicted octanol–water partition coefficient (Wildman–Crippen LogP) is 10.7. The first-order chi connectivity index (χ1) is 23.3. The van der Waals surface area contributed by atoms with Crippen LogP contribution in [0.1, 0.15) is 0 Å². The second-order valence-electron chi connectivity index (χ2n) is 12.2. The van der Waals surface area contributed by atoms with E-state index < -0.39 is 0 Å². The fourth-order valence-corrected chi connectivity index (χ4v) is 7.78. The van der Waals surface area contributed by atoms with Crippen LogP contribution >= 0.6 is 0 Å². The monoisotopic (exact) mass is 600 g/mol. The summed E-state index contributed by atoms with van der Waals surface area (Å²) < 4.78 is 11.0. The highest BCUT2D eigenvalue weighted by Crippen LogP contribution is 2.47. The highest BCUT2D eigenvalue weighted by Gasteiger charge is 2.26. The fraction of sp³-hybridized carbons (Fsp3) is 0. The van der Waals surface area contributed by atoms with Crippen molar-refractivity contribution in [1.29, 1.82) is 0 Å². The van der Waals surface area contributed by atoms with E-state index in [0.717, 1.165) is 61.4 Å². The Labute approximate surface area is 268 Å². The lowest BCUT2D eigenvalue weighted by molar-refractivity contribution is 0.486. The summed E-state index contributed by atoms with van der Waals surface area (Å²) in [5, 5.41) is 8.10. The standard InChI is InChI=1S/C42H24N4O/c1-2-12-26(13-3-1)45-32-18-8-6-15-28(32)38-34(45)24-22-30-37-27-14-5-4-11-25(27)21-23-33(37)46(41(30)38)42-43-31-17-10-20-36-39(31)40(44-42)29-16-7-9-19-35(29)47-36/h1-24H. The normalized spacial score (nSPS) is 12.4. The molecule has 0 radical (unpaired) electrons. The van der Waals surface area contributed by atoms with Gasteiger partial charge in [0.15, 0.2) is 0 Å². The quantitative estimate of drug-likeness (QED) is 0.198. The Hall–Kier alpha value is -6.46. The molecule has 1 aliphatic heterocycles. The number of benzene rings is 7. The molecule has 1 aliphatic rings. The van der Waals surface area contributed by atoms with E-state index in [1.165, 1.54) is 32.3 Å². The van der Waals surface area contributed by atoms with Crippen molar-refractivity contribution >= 4 is 65.3 Å². The van der Waals surface area contributed by atoms with Crippen molar-refractivity contribution in [2.24, 2.45) is 0 Å². The minimum absolute atomic E-state index is 0.640. The average molecular weight is 601 g/mol. The molecular formula is C42H24N4O. The summed E-state index contributed by atoms with van der Waals surface area (Å²) in [6, 6.07) is 51.2. The first kappa shape index (κ1) is 24.8. The number of aromatic nitrogens is 4. The summed E-state index contributed by atoms with van der Waals surface area (Å²) >= 11 is 0. The van der Waals surface area contributed by atoms with Crippen LogP contribution in [0.5, 0.6) is 11.5 Å². The van der Waals surface area contributed by atoms with Crippen molar-refractivity contribution in [2.45, 2.75) is 0 Å². The number of hydrogen-bond donors (Lipinski definition) is 0. The van der Waals surface area contributed by atoms with Crippen LogP contribution in [0.15, 0.2) is 146 Å². The van der Waals surface area contributed by atoms with E-state index in [4.69, 9.17) is 14.7 Å². The number of rotatable bonds is 2. The molecule has 0 saturated heterocycles. The zero-order valence-electron chi connectivity index (χ0n) is 25.1. The van der Waals surface area contributed by atoms with Gasteiger partial charge in [-0.15, -0.1) is 0 Å². The van der Waals surface area contributed by atoms with Crippen LogP contribution in [-0.2, 0) is 0 Å². The first-order valence-electron chi connectivity index (χ1n) is 15.9. The van der Waals surface area contributed by atoms with Gasteiger partial charge in [0, 0.05) is 32.8 Å². The van der Waals surface area contributed by atoms with E-state index in [1.54, 1.807) is 0 Å². The molecule has 47 heavy (non-hydrogen) atoms. The van der Waals surface area contributed by atoms with Crippen molar-refractivity contribution in [2.75, 3.05) is 0 Å². The van der Waals surface area contributed by atoms with Crippen molar-refractivity contribution in [3.8, 4) is 34.4 Å². The zero-order chi connectivity index (χ0) is 30.6. The van der Waals surface area contributed by atoms with Crippen LogP contribution in [0.4, 0.5) is 0 Å². The Morgan fingerprint density at radius 3 is 2.13 bits per heavy atom. The largest absolute Gasteiger partial charge is 0.456 e. The summed E-state index contributed by atoms with van der Waals surface area (Å²) in [4.78, 5) is 10.7. The van der Waals surface area contributed by atoms with Crippen molar-refractivity contribution < 1.29 is 4.74 Å². The van der Waals surface area contributed by atoms with E-state index in [-0.39, 0.29) is 0 Å². The van der Waals surface area contributed by atoms with Gasteiger partial charge in [0.25, 0.3) is 0 Å². The Morgan fingerprint density at radius 2 is 1.19 bits per heavy atom. The molecule has 218 valence electrons. The van der Waals surface area contributed by atoms with Crippen molar-refractivity contribution in [1.82, 2.24) is 19.1 Å². The number of para-hydroxylation sites is 3. The smallest absolute Gasteiger partial charge is 0.235 e. The van der Waals surface area contributed by atoms with Crippen LogP contribution < -0.4 is 4.74 Å². The summed E-state index contributed by atoms with van der Waals surface area (Å²) in [6.07, 6.45) is 0. The fourth-order valence-electron chi connectivity index (χ4n) is 7.78. The minimum Gasteiger partial charge on any atom is -0.456 e. The molecule has 0 aliphatic carbocycles. The molecule has 0 saturated carbocycles. The lowest BCUT2D eigenvalue weighted by Crippen LogP contribution is -2.06. The number of hydrogen-bond acceptors (Lipinski definition) is 3. The van der Waals surface area contributed by atoms with Crippen molar-refractivity contribution in [3.05, 3.63) is 146 Å². The van der Waals surface area contributed by atoms with Gasteiger partial charge in [-0.3, -0.25) is 4.57 Å². The molecule has 0 amide bonds. The van der Waals surface area contributed by atoms with Gasteiger partial charge in [-0.2, -0.15) is 0 Å². The van der Waals surface area contributed by atoms with Crippen LogP contribution in [0.25, 0.3) is 88.2 Å². The Balaban J connectivity index is 1.37. The van der Waals surface area contributed by atoms with Gasteiger partial charge < -0.3 is 9.30 Å². The third-order valence-corrected chi connectivity index (χ3v) is 9.70. The highest BCUT2D eigenvalue weighted by molar-refractivity contribution is 6.30. The molecule has 11 rings (SSSR count). The number of fused-ring (bicyclic) bond motifs is 11. The molecule has 0 bridgehead atoms. The number of ether oxygens (including phenoxy) is 1. The van der Waals surface area contributed by atoms with E-state index in [9.17, 15) is 0 Å². The van der Waals surface area contributed by atoms with Gasteiger partial charge in [0.05, 0.1) is 38.7 Å². The maximum atomic E-state index is 6.33. The molecule has 0 unspecified atom stereocenters. The summed E-state index contributed by atoms with van der Waals surface area (Å²) in [5.74, 6) is 2.23. The van der Waals surface area contributed by atoms with Gasteiger partial charge >= 0.3 is 0 Å². The van der Waals surface area contributed by atoms with Gasteiger partial charge in [0.2, 0.25) is 5.95 Å². The van der Waals surface area contributed by atoms with E-state index in [2.05, 4.69) is 124 Å². The third kappa shape index (κ3) is 3.27. The van der Waals surface area contributed by atoms with E-state index in [1.807, 2.05) is 30.3 Å². The maximum Gasteiger partial charge on any atom is 0.235 e. The minimum atomic E-state index is 0.640. The van der Waals surface area contributed by atoms with Gasteiger partial charge in [-0.05, 0) is 65.4 Å². The summed E-state index contributed by atoms with van der Waals surface area (Å²) in [6.45, 7) is 0. The molecule has 10 aromatic rings. The van der Waals surface area contributed by atoms with Gasteiger partial charge in [0.1, 0.15) is 11.5 Å². The SMILES string of the molecule is c1ccc(-n2c3ccccc3c3c2ccc2c4c5ccccc5ccc4n(-c4nc5c6c(cccc6n4)Oc4ccccc4-5)c23)cc1. The van der Waals surface area contributed by atoms with Crippen molar-refractivity contribution in [3.63, 3.8) is 0 Å². The Kier molecular flexibility index (Phi) is 4.78. The molecule has 7 aromatic carbocycles.